The Morgan fingerprint density at radius 3 is 2.62 bits per heavy atom. The molecule has 0 aromatic heterocycles. The number of hydrogen-bond donors (Lipinski definition) is 2. The van der Waals surface area contributed by atoms with Crippen LogP contribution in [-0.4, -0.2) is 19.0 Å². The number of nitrogens with one attached hydrogen (secondary N) is 2. The maximum atomic E-state index is 12.7. The second-order valence-corrected chi connectivity index (χ2v) is 6.67. The largest absolute Gasteiger partial charge is 0.346 e. The number of aryl methyl sites for hydroxylation is 1. The molecule has 2 fully saturated rings. The molecule has 0 bridgehead atoms. The van der Waals surface area contributed by atoms with Crippen LogP contribution in [0.25, 0.3) is 0 Å². The van der Waals surface area contributed by atoms with Crippen LogP contribution in [0.5, 0.6) is 0 Å². The standard InChI is InChI=1S/C18H26N2O/c1-14-5-4-6-16(13-14)18(9-2-3-10-18)20-17(21)15-7-11-19-12-8-15/h4-6,13,15,19H,2-3,7-12H2,1H3,(H,20,21). The van der Waals surface area contributed by atoms with Crippen LogP contribution in [0.1, 0.15) is 49.7 Å². The van der Waals surface area contributed by atoms with E-state index in [1.165, 1.54) is 24.0 Å². The van der Waals surface area contributed by atoms with Crippen molar-refractivity contribution in [3.8, 4) is 0 Å². The first-order chi connectivity index (χ1) is 10.2. The Morgan fingerprint density at radius 1 is 1.24 bits per heavy atom. The molecular formula is C18H26N2O. The van der Waals surface area contributed by atoms with Crippen molar-refractivity contribution >= 4 is 5.91 Å². The third-order valence-corrected chi connectivity index (χ3v) is 5.10. The highest BCUT2D eigenvalue weighted by molar-refractivity contribution is 5.80. The molecule has 3 nitrogen and oxygen atoms in total. The number of amides is 1. The van der Waals surface area contributed by atoms with E-state index in [9.17, 15) is 4.79 Å². The molecule has 1 saturated carbocycles. The molecule has 0 unspecified atom stereocenters. The van der Waals surface area contributed by atoms with E-state index in [1.807, 2.05) is 0 Å². The molecule has 3 heteroatoms. The number of carbonyl (C=O) groups is 1. The van der Waals surface area contributed by atoms with Crippen molar-refractivity contribution in [3.05, 3.63) is 35.4 Å². The average molecular weight is 286 g/mol. The number of carbonyl (C=O) groups excluding carboxylic acids is 1. The van der Waals surface area contributed by atoms with Gasteiger partial charge >= 0.3 is 0 Å². The van der Waals surface area contributed by atoms with Crippen LogP contribution in [0.4, 0.5) is 0 Å². The zero-order valence-electron chi connectivity index (χ0n) is 13.0. The summed E-state index contributed by atoms with van der Waals surface area (Å²) in [6.45, 7) is 4.06. The molecule has 0 atom stereocenters. The van der Waals surface area contributed by atoms with Gasteiger partial charge in [-0.3, -0.25) is 4.79 Å². The Hall–Kier alpha value is -1.35. The van der Waals surface area contributed by atoms with E-state index in [-0.39, 0.29) is 17.4 Å². The van der Waals surface area contributed by atoms with Crippen LogP contribution in [0.15, 0.2) is 24.3 Å². The highest BCUT2D eigenvalue weighted by atomic mass is 16.2. The highest BCUT2D eigenvalue weighted by Crippen LogP contribution is 2.39. The molecule has 2 N–H and O–H groups in total. The molecule has 2 aliphatic rings. The monoisotopic (exact) mass is 286 g/mol. The Balaban J connectivity index is 1.79. The van der Waals surface area contributed by atoms with Crippen LogP contribution in [0, 0.1) is 12.8 Å². The summed E-state index contributed by atoms with van der Waals surface area (Å²) in [6.07, 6.45) is 6.51. The lowest BCUT2D eigenvalue weighted by Crippen LogP contribution is -2.48. The van der Waals surface area contributed by atoms with Crippen molar-refractivity contribution in [3.63, 3.8) is 0 Å². The molecule has 0 spiro atoms. The van der Waals surface area contributed by atoms with Gasteiger partial charge in [0.1, 0.15) is 0 Å². The van der Waals surface area contributed by atoms with Gasteiger partial charge in [0.25, 0.3) is 0 Å². The minimum Gasteiger partial charge on any atom is -0.346 e. The number of piperidine rings is 1. The molecule has 1 aliphatic heterocycles. The fourth-order valence-electron chi connectivity index (χ4n) is 3.83. The molecule has 21 heavy (non-hydrogen) atoms. The quantitative estimate of drug-likeness (QED) is 0.897. The van der Waals surface area contributed by atoms with Crippen LogP contribution < -0.4 is 10.6 Å². The van der Waals surface area contributed by atoms with E-state index < -0.39 is 0 Å². The maximum absolute atomic E-state index is 12.7. The SMILES string of the molecule is Cc1cccc(C2(NC(=O)C3CCNCC3)CCCC2)c1. The molecule has 1 heterocycles. The van der Waals surface area contributed by atoms with Crippen molar-refractivity contribution < 1.29 is 4.79 Å². The van der Waals surface area contributed by atoms with Crippen molar-refractivity contribution in [2.45, 2.75) is 51.0 Å². The number of benzene rings is 1. The van der Waals surface area contributed by atoms with E-state index >= 15 is 0 Å². The average Bonchev–Trinajstić information content (AvgIpc) is 2.98. The Kier molecular flexibility index (Phi) is 4.29. The second-order valence-electron chi connectivity index (χ2n) is 6.67. The summed E-state index contributed by atoms with van der Waals surface area (Å²) in [4.78, 5) is 12.7. The molecule has 3 rings (SSSR count). The third kappa shape index (κ3) is 3.13. The summed E-state index contributed by atoms with van der Waals surface area (Å²) < 4.78 is 0. The number of hydrogen-bond acceptors (Lipinski definition) is 2. The Labute approximate surface area is 127 Å². The summed E-state index contributed by atoms with van der Waals surface area (Å²) in [6, 6.07) is 8.66. The van der Waals surface area contributed by atoms with Gasteiger partial charge in [0.15, 0.2) is 0 Å². The normalized spacial score (nSPS) is 22.1. The van der Waals surface area contributed by atoms with Gasteiger partial charge in [0.05, 0.1) is 5.54 Å². The van der Waals surface area contributed by atoms with Crippen LogP contribution in [0.3, 0.4) is 0 Å². The van der Waals surface area contributed by atoms with Crippen LogP contribution >= 0.6 is 0 Å². The Bertz CT molecular complexity index is 500. The zero-order valence-corrected chi connectivity index (χ0v) is 13.0. The summed E-state index contributed by atoms with van der Waals surface area (Å²) in [5.41, 5.74) is 2.45. The van der Waals surface area contributed by atoms with Crippen molar-refractivity contribution in [2.24, 2.45) is 5.92 Å². The second kappa shape index (κ2) is 6.18. The lowest BCUT2D eigenvalue weighted by Gasteiger charge is -2.34. The van der Waals surface area contributed by atoms with Gasteiger partial charge in [-0.05, 0) is 51.3 Å². The van der Waals surface area contributed by atoms with E-state index in [0.717, 1.165) is 38.8 Å². The lowest BCUT2D eigenvalue weighted by molar-refractivity contribution is -0.127. The highest BCUT2D eigenvalue weighted by Gasteiger charge is 2.38. The first kappa shape index (κ1) is 14.6. The summed E-state index contributed by atoms with van der Waals surface area (Å²) in [7, 11) is 0. The molecule has 1 aromatic carbocycles. The minimum absolute atomic E-state index is 0.117. The van der Waals surface area contributed by atoms with Gasteiger partial charge < -0.3 is 10.6 Å². The molecule has 1 aliphatic carbocycles. The summed E-state index contributed by atoms with van der Waals surface area (Å²) in [5.74, 6) is 0.452. The molecular weight excluding hydrogens is 260 g/mol. The van der Waals surface area contributed by atoms with Crippen molar-refractivity contribution in [1.82, 2.24) is 10.6 Å². The molecule has 1 aromatic rings. The van der Waals surface area contributed by atoms with Gasteiger partial charge in [-0.25, -0.2) is 0 Å². The summed E-state index contributed by atoms with van der Waals surface area (Å²) >= 11 is 0. The Morgan fingerprint density at radius 2 is 1.95 bits per heavy atom. The third-order valence-electron chi connectivity index (χ3n) is 5.10. The van der Waals surface area contributed by atoms with Gasteiger partial charge in [0, 0.05) is 5.92 Å². The van der Waals surface area contributed by atoms with Gasteiger partial charge in [0.2, 0.25) is 5.91 Å². The van der Waals surface area contributed by atoms with Gasteiger partial charge in [-0.15, -0.1) is 0 Å². The molecule has 0 radical (unpaired) electrons. The van der Waals surface area contributed by atoms with E-state index in [4.69, 9.17) is 0 Å². The molecule has 1 saturated heterocycles. The van der Waals surface area contributed by atoms with Crippen LogP contribution in [0.2, 0.25) is 0 Å². The molecule has 114 valence electrons. The van der Waals surface area contributed by atoms with Gasteiger partial charge in [-0.2, -0.15) is 0 Å². The first-order valence-electron chi connectivity index (χ1n) is 8.29. The van der Waals surface area contributed by atoms with Crippen LogP contribution in [-0.2, 0) is 10.3 Å². The minimum atomic E-state index is -0.117. The van der Waals surface area contributed by atoms with E-state index in [1.54, 1.807) is 0 Å². The smallest absolute Gasteiger partial charge is 0.223 e. The summed E-state index contributed by atoms with van der Waals surface area (Å²) in [5, 5.41) is 6.77. The predicted molar refractivity (Wildman–Crippen MR) is 85.1 cm³/mol. The van der Waals surface area contributed by atoms with E-state index in [2.05, 4.69) is 41.8 Å². The van der Waals surface area contributed by atoms with Crippen molar-refractivity contribution in [1.29, 1.82) is 0 Å². The fourth-order valence-corrected chi connectivity index (χ4v) is 3.83. The number of rotatable bonds is 3. The zero-order chi connectivity index (χ0) is 14.7. The van der Waals surface area contributed by atoms with Gasteiger partial charge in [-0.1, -0.05) is 42.7 Å². The van der Waals surface area contributed by atoms with E-state index in [0.29, 0.717) is 0 Å². The fraction of sp³-hybridized carbons (Fsp3) is 0.611. The lowest BCUT2D eigenvalue weighted by atomic mass is 9.86. The van der Waals surface area contributed by atoms with Crippen molar-refractivity contribution in [2.75, 3.05) is 13.1 Å². The molecule has 1 amide bonds. The maximum Gasteiger partial charge on any atom is 0.223 e. The predicted octanol–water partition coefficient (Wildman–Crippen LogP) is 2.88. The first-order valence-corrected chi connectivity index (χ1v) is 8.29. The topological polar surface area (TPSA) is 41.1 Å².